The lowest BCUT2D eigenvalue weighted by atomic mass is 10.1. The van der Waals surface area contributed by atoms with Crippen molar-refractivity contribution in [2.75, 3.05) is 19.6 Å². The van der Waals surface area contributed by atoms with Gasteiger partial charge in [0.1, 0.15) is 6.29 Å². The number of nitrogens with zero attached hydrogens (tertiary/aromatic N) is 1. The number of rotatable bonds is 3. The number of carbonyl (C=O) groups excluding carboxylic acids is 1. The van der Waals surface area contributed by atoms with Crippen LogP contribution in [0.25, 0.3) is 0 Å². The summed E-state index contributed by atoms with van der Waals surface area (Å²) in [5.41, 5.74) is 0. The van der Waals surface area contributed by atoms with Crippen LogP contribution in [-0.2, 0) is 4.79 Å². The van der Waals surface area contributed by atoms with Crippen molar-refractivity contribution >= 4 is 6.29 Å². The second-order valence-electron chi connectivity index (χ2n) is 3.84. The van der Waals surface area contributed by atoms with E-state index in [1.807, 2.05) is 0 Å². The molecule has 0 saturated carbocycles. The maximum atomic E-state index is 10.4. The van der Waals surface area contributed by atoms with Gasteiger partial charge in [-0.1, -0.05) is 13.8 Å². The van der Waals surface area contributed by atoms with Gasteiger partial charge < -0.3 is 9.69 Å². The third-order valence-corrected chi connectivity index (χ3v) is 2.12. The quantitative estimate of drug-likeness (QED) is 0.570. The molecule has 2 nitrogen and oxygen atoms in total. The van der Waals surface area contributed by atoms with Crippen LogP contribution in [0.3, 0.4) is 0 Å². The van der Waals surface area contributed by atoms with E-state index in [0.29, 0.717) is 5.92 Å². The maximum Gasteiger partial charge on any atom is 0.124 e. The molecule has 1 rings (SSSR count). The first kappa shape index (κ1) is 8.72. The Morgan fingerprint density at radius 1 is 1.64 bits per heavy atom. The predicted octanol–water partition coefficient (Wildman–Crippen LogP) is 1.16. The van der Waals surface area contributed by atoms with Crippen molar-refractivity contribution in [3.63, 3.8) is 0 Å². The van der Waals surface area contributed by atoms with Gasteiger partial charge in [-0.2, -0.15) is 0 Å². The normalized spacial score (nSPS) is 26.3. The van der Waals surface area contributed by atoms with E-state index in [4.69, 9.17) is 0 Å². The predicted molar refractivity (Wildman–Crippen MR) is 45.4 cm³/mol. The molecule has 1 heterocycles. The zero-order valence-corrected chi connectivity index (χ0v) is 7.42. The van der Waals surface area contributed by atoms with E-state index < -0.39 is 0 Å². The fourth-order valence-electron chi connectivity index (χ4n) is 1.66. The Hall–Kier alpha value is -0.370. The molecule has 64 valence electrons. The van der Waals surface area contributed by atoms with Crippen LogP contribution in [0.2, 0.25) is 0 Å². The first-order valence-corrected chi connectivity index (χ1v) is 4.40. The summed E-state index contributed by atoms with van der Waals surface area (Å²) in [6, 6.07) is 0. The van der Waals surface area contributed by atoms with E-state index in [1.165, 1.54) is 0 Å². The fraction of sp³-hybridized carbons (Fsp3) is 0.889. The molecule has 1 aliphatic rings. The molecule has 1 saturated heterocycles. The minimum absolute atomic E-state index is 0.314. The highest BCUT2D eigenvalue weighted by atomic mass is 16.1. The first-order chi connectivity index (χ1) is 5.22. The molecule has 2 heteroatoms. The van der Waals surface area contributed by atoms with Gasteiger partial charge in [0.2, 0.25) is 0 Å². The number of hydrogen-bond donors (Lipinski definition) is 0. The second kappa shape index (κ2) is 3.86. The molecule has 0 radical (unpaired) electrons. The molecule has 0 unspecified atom stereocenters. The van der Waals surface area contributed by atoms with E-state index in [2.05, 4.69) is 18.7 Å². The van der Waals surface area contributed by atoms with Crippen molar-refractivity contribution in [2.45, 2.75) is 20.3 Å². The van der Waals surface area contributed by atoms with Crippen molar-refractivity contribution < 1.29 is 4.79 Å². The van der Waals surface area contributed by atoms with Crippen molar-refractivity contribution in [3.05, 3.63) is 0 Å². The largest absolute Gasteiger partial charge is 0.303 e. The Bertz CT molecular complexity index is 134. The number of hydrogen-bond acceptors (Lipinski definition) is 2. The van der Waals surface area contributed by atoms with Crippen molar-refractivity contribution in [2.24, 2.45) is 11.8 Å². The molecule has 1 atom stereocenters. The molecule has 0 spiro atoms. The van der Waals surface area contributed by atoms with Crippen LogP contribution in [0.4, 0.5) is 0 Å². The minimum atomic E-state index is 0.314. The van der Waals surface area contributed by atoms with Gasteiger partial charge in [0.05, 0.1) is 0 Å². The van der Waals surface area contributed by atoms with Crippen LogP contribution in [0.15, 0.2) is 0 Å². The second-order valence-corrected chi connectivity index (χ2v) is 3.84. The van der Waals surface area contributed by atoms with Gasteiger partial charge in [-0.15, -0.1) is 0 Å². The van der Waals surface area contributed by atoms with E-state index in [-0.39, 0.29) is 0 Å². The highest BCUT2D eigenvalue weighted by molar-refractivity contribution is 5.54. The SMILES string of the molecule is CC(C)CN1CC[C@H](C=O)C1. The van der Waals surface area contributed by atoms with E-state index in [9.17, 15) is 4.79 Å². The highest BCUT2D eigenvalue weighted by Crippen LogP contribution is 2.14. The number of aldehydes is 1. The Morgan fingerprint density at radius 2 is 2.36 bits per heavy atom. The van der Waals surface area contributed by atoms with Gasteiger partial charge in [0, 0.05) is 19.0 Å². The van der Waals surface area contributed by atoms with Gasteiger partial charge >= 0.3 is 0 Å². The lowest BCUT2D eigenvalue weighted by Gasteiger charge is -2.16. The molecule has 1 fully saturated rings. The van der Waals surface area contributed by atoms with Crippen LogP contribution in [-0.4, -0.2) is 30.8 Å². The monoisotopic (exact) mass is 155 g/mol. The van der Waals surface area contributed by atoms with Crippen LogP contribution in [0, 0.1) is 11.8 Å². The molecule has 0 bridgehead atoms. The Balaban J connectivity index is 2.24. The zero-order valence-electron chi connectivity index (χ0n) is 7.42. The highest BCUT2D eigenvalue weighted by Gasteiger charge is 2.21. The molecule has 0 aliphatic carbocycles. The number of carbonyl (C=O) groups is 1. The minimum Gasteiger partial charge on any atom is -0.303 e. The van der Waals surface area contributed by atoms with Crippen molar-refractivity contribution in [1.82, 2.24) is 4.90 Å². The summed E-state index contributed by atoms with van der Waals surface area (Å²) in [4.78, 5) is 12.8. The summed E-state index contributed by atoms with van der Waals surface area (Å²) in [6.45, 7) is 7.68. The summed E-state index contributed by atoms with van der Waals surface area (Å²) in [5, 5.41) is 0. The van der Waals surface area contributed by atoms with Crippen LogP contribution in [0.1, 0.15) is 20.3 Å². The molecule has 1 aliphatic heterocycles. The van der Waals surface area contributed by atoms with Crippen LogP contribution in [0.5, 0.6) is 0 Å². The van der Waals surface area contributed by atoms with Crippen LogP contribution < -0.4 is 0 Å². The molecule has 0 N–H and O–H groups in total. The van der Waals surface area contributed by atoms with Gasteiger partial charge in [0.25, 0.3) is 0 Å². The Kier molecular flexibility index (Phi) is 3.06. The van der Waals surface area contributed by atoms with Gasteiger partial charge in [-0.05, 0) is 18.9 Å². The topological polar surface area (TPSA) is 20.3 Å². The molecule has 0 aromatic rings. The summed E-state index contributed by atoms with van der Waals surface area (Å²) < 4.78 is 0. The Morgan fingerprint density at radius 3 is 2.82 bits per heavy atom. The average molecular weight is 155 g/mol. The van der Waals surface area contributed by atoms with Gasteiger partial charge in [-0.3, -0.25) is 0 Å². The van der Waals surface area contributed by atoms with Gasteiger partial charge in [0.15, 0.2) is 0 Å². The maximum absolute atomic E-state index is 10.4. The molecular formula is C9H17NO. The molecule has 0 aromatic heterocycles. The lowest BCUT2D eigenvalue weighted by molar-refractivity contribution is -0.110. The van der Waals surface area contributed by atoms with E-state index in [1.54, 1.807) is 0 Å². The summed E-state index contributed by atoms with van der Waals surface area (Å²) >= 11 is 0. The van der Waals surface area contributed by atoms with Crippen molar-refractivity contribution in [1.29, 1.82) is 0 Å². The van der Waals surface area contributed by atoms with Gasteiger partial charge in [-0.25, -0.2) is 0 Å². The summed E-state index contributed by atoms with van der Waals surface area (Å²) in [7, 11) is 0. The molecule has 0 amide bonds. The van der Waals surface area contributed by atoms with E-state index >= 15 is 0 Å². The molecule has 0 aromatic carbocycles. The summed E-state index contributed by atoms with van der Waals surface area (Å²) in [5.74, 6) is 1.04. The molecule has 11 heavy (non-hydrogen) atoms. The third kappa shape index (κ3) is 2.62. The van der Waals surface area contributed by atoms with E-state index in [0.717, 1.165) is 38.3 Å². The smallest absolute Gasteiger partial charge is 0.124 e. The third-order valence-electron chi connectivity index (χ3n) is 2.12. The zero-order chi connectivity index (χ0) is 8.27. The lowest BCUT2D eigenvalue weighted by Crippen LogP contribution is -2.25. The van der Waals surface area contributed by atoms with Crippen molar-refractivity contribution in [3.8, 4) is 0 Å². The number of likely N-dealkylation sites (tertiary alicyclic amines) is 1. The fourth-order valence-corrected chi connectivity index (χ4v) is 1.66. The molecular weight excluding hydrogens is 138 g/mol. The summed E-state index contributed by atoms with van der Waals surface area (Å²) in [6.07, 6.45) is 2.16. The van der Waals surface area contributed by atoms with Crippen LogP contribution >= 0.6 is 0 Å². The average Bonchev–Trinajstić information content (AvgIpc) is 2.34. The Labute approximate surface area is 68.6 Å². The first-order valence-electron chi connectivity index (χ1n) is 4.40. The standard InChI is InChI=1S/C9H17NO/c1-8(2)5-10-4-3-9(6-10)7-11/h7-9H,3-6H2,1-2H3/t9-/m0/s1.